The first-order chi connectivity index (χ1) is 8.88. The molecule has 1 N–H and O–H groups in total. The Kier molecular flexibility index (Phi) is 4.20. The normalized spacial score (nSPS) is 17.5. The number of halogens is 5. The molecule has 0 radical (unpaired) electrons. The summed E-state index contributed by atoms with van der Waals surface area (Å²) in [5.74, 6) is -1.39. The Morgan fingerprint density at radius 1 is 1.21 bits per heavy atom. The molecule has 0 aromatic heterocycles. The predicted molar refractivity (Wildman–Crippen MR) is 62.9 cm³/mol. The van der Waals surface area contributed by atoms with Crippen molar-refractivity contribution >= 4 is 11.6 Å². The van der Waals surface area contributed by atoms with E-state index in [9.17, 15) is 17.6 Å². The average molecular weight is 298 g/mol. The van der Waals surface area contributed by atoms with Crippen LogP contribution in [0.15, 0.2) is 12.1 Å². The third-order valence-corrected chi connectivity index (χ3v) is 3.18. The van der Waals surface area contributed by atoms with Crippen LogP contribution in [0.1, 0.15) is 18.4 Å². The van der Waals surface area contributed by atoms with Gasteiger partial charge in [-0.3, -0.25) is 0 Å². The van der Waals surface area contributed by atoms with Crippen molar-refractivity contribution in [1.82, 2.24) is 5.32 Å². The summed E-state index contributed by atoms with van der Waals surface area (Å²) in [5.41, 5.74) is -1.01. The lowest BCUT2D eigenvalue weighted by Gasteiger charge is -2.24. The van der Waals surface area contributed by atoms with E-state index < -0.39 is 28.3 Å². The number of nitrogens with one attached hydrogen (secondary N) is 1. The highest BCUT2D eigenvalue weighted by Crippen LogP contribution is 2.36. The topological polar surface area (TPSA) is 21.3 Å². The largest absolute Gasteiger partial charge is 0.487 e. The Balaban J connectivity index is 2.25. The van der Waals surface area contributed by atoms with Gasteiger partial charge in [-0.05, 0) is 38.1 Å². The molecule has 0 spiro atoms. The summed E-state index contributed by atoms with van der Waals surface area (Å²) < 4.78 is 56.8. The summed E-state index contributed by atoms with van der Waals surface area (Å²) in [7, 11) is 0. The zero-order valence-electron chi connectivity index (χ0n) is 9.86. The van der Waals surface area contributed by atoms with Gasteiger partial charge in [-0.25, -0.2) is 4.39 Å². The SMILES string of the molecule is Fc1c(Cl)cc(C(F)(F)F)cc1OC1CCNCC1. The second-order valence-electron chi connectivity index (χ2n) is 4.34. The molecule has 1 aliphatic rings. The molecule has 1 heterocycles. The fourth-order valence-corrected chi connectivity index (χ4v) is 2.12. The molecule has 0 aliphatic carbocycles. The molecule has 1 fully saturated rings. The predicted octanol–water partition coefficient (Wildman–Crippen LogP) is 3.63. The molecule has 0 amide bonds. The van der Waals surface area contributed by atoms with Gasteiger partial charge in [0.25, 0.3) is 0 Å². The van der Waals surface area contributed by atoms with Gasteiger partial charge in [-0.15, -0.1) is 0 Å². The van der Waals surface area contributed by atoms with Crippen LogP contribution in [0.3, 0.4) is 0 Å². The lowest BCUT2D eigenvalue weighted by molar-refractivity contribution is -0.137. The van der Waals surface area contributed by atoms with Crippen molar-refractivity contribution in [3.8, 4) is 5.75 Å². The molecule has 1 aromatic rings. The highest BCUT2D eigenvalue weighted by atomic mass is 35.5. The number of hydrogen-bond donors (Lipinski definition) is 1. The van der Waals surface area contributed by atoms with Gasteiger partial charge < -0.3 is 10.1 Å². The zero-order chi connectivity index (χ0) is 14.0. The van der Waals surface area contributed by atoms with Crippen molar-refractivity contribution in [3.05, 3.63) is 28.5 Å². The fraction of sp³-hybridized carbons (Fsp3) is 0.500. The van der Waals surface area contributed by atoms with E-state index in [0.717, 1.165) is 0 Å². The maximum absolute atomic E-state index is 13.7. The van der Waals surface area contributed by atoms with Gasteiger partial charge in [0.05, 0.1) is 10.6 Å². The minimum Gasteiger partial charge on any atom is -0.487 e. The maximum Gasteiger partial charge on any atom is 0.416 e. The molecule has 0 unspecified atom stereocenters. The number of ether oxygens (including phenoxy) is 1. The molecular formula is C12H12ClF4NO. The smallest absolute Gasteiger partial charge is 0.416 e. The van der Waals surface area contributed by atoms with Crippen LogP contribution in [0.25, 0.3) is 0 Å². The van der Waals surface area contributed by atoms with Crippen molar-refractivity contribution in [1.29, 1.82) is 0 Å². The Morgan fingerprint density at radius 2 is 1.84 bits per heavy atom. The number of rotatable bonds is 2. The van der Waals surface area contributed by atoms with Crippen LogP contribution >= 0.6 is 11.6 Å². The summed E-state index contributed by atoms with van der Waals surface area (Å²) in [6, 6.07) is 1.22. The van der Waals surface area contributed by atoms with Crippen molar-refractivity contribution in [2.24, 2.45) is 0 Å². The average Bonchev–Trinajstić information content (AvgIpc) is 2.34. The molecule has 19 heavy (non-hydrogen) atoms. The van der Waals surface area contributed by atoms with Crippen LogP contribution in [0.2, 0.25) is 5.02 Å². The van der Waals surface area contributed by atoms with Crippen LogP contribution in [-0.2, 0) is 6.18 Å². The summed E-state index contributed by atoms with van der Waals surface area (Å²) in [6.07, 6.45) is -3.64. The highest BCUT2D eigenvalue weighted by molar-refractivity contribution is 6.31. The molecule has 106 valence electrons. The Bertz CT molecular complexity index is 458. The van der Waals surface area contributed by atoms with E-state index in [1.165, 1.54) is 0 Å². The van der Waals surface area contributed by atoms with E-state index in [4.69, 9.17) is 16.3 Å². The second kappa shape index (κ2) is 5.54. The summed E-state index contributed by atoms with van der Waals surface area (Å²) >= 11 is 5.48. The Hall–Kier alpha value is -1.01. The highest BCUT2D eigenvalue weighted by Gasteiger charge is 2.33. The van der Waals surface area contributed by atoms with E-state index in [0.29, 0.717) is 38.1 Å². The molecule has 0 atom stereocenters. The monoisotopic (exact) mass is 297 g/mol. The molecule has 1 aliphatic heterocycles. The first kappa shape index (κ1) is 14.4. The van der Waals surface area contributed by atoms with Gasteiger partial charge in [-0.1, -0.05) is 11.6 Å². The van der Waals surface area contributed by atoms with E-state index in [2.05, 4.69) is 5.32 Å². The summed E-state index contributed by atoms with van der Waals surface area (Å²) in [4.78, 5) is 0. The lowest BCUT2D eigenvalue weighted by Crippen LogP contribution is -2.34. The Morgan fingerprint density at radius 3 is 2.42 bits per heavy atom. The van der Waals surface area contributed by atoms with Crippen molar-refractivity contribution in [2.45, 2.75) is 25.1 Å². The number of hydrogen-bond acceptors (Lipinski definition) is 2. The van der Waals surface area contributed by atoms with Crippen molar-refractivity contribution in [2.75, 3.05) is 13.1 Å². The number of benzene rings is 1. The maximum atomic E-state index is 13.7. The molecule has 0 saturated carbocycles. The van der Waals surface area contributed by atoms with E-state index in [-0.39, 0.29) is 6.10 Å². The number of alkyl halides is 3. The lowest BCUT2D eigenvalue weighted by atomic mass is 10.1. The van der Waals surface area contributed by atoms with E-state index >= 15 is 0 Å². The van der Waals surface area contributed by atoms with Crippen LogP contribution in [0, 0.1) is 5.82 Å². The Labute approximate surface area is 112 Å². The third kappa shape index (κ3) is 3.51. The fourth-order valence-electron chi connectivity index (χ4n) is 1.91. The first-order valence-electron chi connectivity index (χ1n) is 5.81. The van der Waals surface area contributed by atoms with Gasteiger partial charge >= 0.3 is 6.18 Å². The molecule has 2 nitrogen and oxygen atoms in total. The van der Waals surface area contributed by atoms with Gasteiger partial charge in [0, 0.05) is 0 Å². The van der Waals surface area contributed by atoms with Crippen molar-refractivity contribution < 1.29 is 22.3 Å². The summed E-state index contributed by atoms with van der Waals surface area (Å²) in [5, 5.41) is 2.50. The van der Waals surface area contributed by atoms with Gasteiger partial charge in [0.15, 0.2) is 11.6 Å². The van der Waals surface area contributed by atoms with Crippen LogP contribution in [0.4, 0.5) is 17.6 Å². The first-order valence-corrected chi connectivity index (χ1v) is 6.19. The molecule has 1 saturated heterocycles. The standard InChI is InChI=1S/C12H12ClF4NO/c13-9-5-7(12(15,16)17)6-10(11(9)14)19-8-1-3-18-4-2-8/h5-6,8,18H,1-4H2. The van der Waals surface area contributed by atoms with Crippen LogP contribution in [0.5, 0.6) is 5.75 Å². The second-order valence-corrected chi connectivity index (χ2v) is 4.74. The van der Waals surface area contributed by atoms with E-state index in [1.807, 2.05) is 0 Å². The van der Waals surface area contributed by atoms with Crippen molar-refractivity contribution in [3.63, 3.8) is 0 Å². The van der Waals surface area contributed by atoms with E-state index in [1.54, 1.807) is 0 Å². The van der Waals surface area contributed by atoms with Crippen LogP contribution in [-0.4, -0.2) is 19.2 Å². The third-order valence-electron chi connectivity index (χ3n) is 2.90. The molecule has 2 rings (SSSR count). The number of piperidine rings is 1. The van der Waals surface area contributed by atoms with Gasteiger partial charge in [0.1, 0.15) is 6.10 Å². The van der Waals surface area contributed by atoms with Gasteiger partial charge in [0.2, 0.25) is 0 Å². The zero-order valence-corrected chi connectivity index (χ0v) is 10.6. The minimum absolute atomic E-state index is 0.296. The minimum atomic E-state index is -4.58. The quantitative estimate of drug-likeness (QED) is 0.842. The van der Waals surface area contributed by atoms with Crippen LogP contribution < -0.4 is 10.1 Å². The molecule has 7 heteroatoms. The molecular weight excluding hydrogens is 286 g/mol. The summed E-state index contributed by atoms with van der Waals surface area (Å²) in [6.45, 7) is 1.39. The van der Waals surface area contributed by atoms with Gasteiger partial charge in [-0.2, -0.15) is 13.2 Å². The molecule has 1 aromatic carbocycles. The molecule has 0 bridgehead atoms.